The van der Waals surface area contributed by atoms with Crippen LogP contribution in [0, 0.1) is 0 Å². The number of halogens is 6. The maximum Gasteiger partial charge on any atom is 0.0935 e. The molecule has 0 heterocycles. The average Bonchev–Trinajstić information content (AvgIpc) is 2.67. The minimum atomic E-state index is 0.379. The van der Waals surface area contributed by atoms with Crippen molar-refractivity contribution < 1.29 is 0 Å². The second-order valence-electron chi connectivity index (χ2n) is 5.90. The summed E-state index contributed by atoms with van der Waals surface area (Å²) < 4.78 is 0. The molecule has 154 valence electrons. The van der Waals surface area contributed by atoms with Gasteiger partial charge in [-0.15, -0.1) is 0 Å². The van der Waals surface area contributed by atoms with Crippen LogP contribution in [0.3, 0.4) is 0 Å². The van der Waals surface area contributed by atoms with E-state index in [1.54, 1.807) is 36.7 Å². The first-order valence-electron chi connectivity index (χ1n) is 8.31. The topological polar surface area (TPSA) is 48.8 Å². The molecule has 3 rings (SSSR count). The fourth-order valence-electron chi connectivity index (χ4n) is 2.31. The highest BCUT2D eigenvalue weighted by Gasteiger charge is 2.07. The van der Waals surface area contributed by atoms with Crippen molar-refractivity contribution in [3.8, 4) is 0 Å². The largest absolute Gasteiger partial charge is 0.275 e. The first-order chi connectivity index (χ1) is 14.3. The molecule has 0 aromatic heterocycles. The van der Waals surface area contributed by atoms with Crippen LogP contribution in [-0.4, -0.2) is 12.4 Å². The third-order valence-corrected chi connectivity index (χ3v) is 5.36. The number of nitrogens with zero attached hydrogens (tertiary/aromatic N) is 2. The van der Waals surface area contributed by atoms with Crippen molar-refractivity contribution in [2.24, 2.45) is 10.2 Å². The number of benzene rings is 3. The van der Waals surface area contributed by atoms with E-state index < -0.39 is 0 Å². The van der Waals surface area contributed by atoms with Crippen LogP contribution in [0.4, 0.5) is 11.4 Å². The summed E-state index contributed by atoms with van der Waals surface area (Å²) in [4.78, 5) is 0. The number of hydrogen-bond donors (Lipinski definition) is 2. The third-order valence-electron chi connectivity index (χ3n) is 3.73. The zero-order valence-corrected chi connectivity index (χ0v) is 19.5. The predicted molar refractivity (Wildman–Crippen MR) is 132 cm³/mol. The molecular weight excluding hydrogens is 509 g/mol. The molecule has 0 aliphatic carbocycles. The highest BCUT2D eigenvalue weighted by Crippen LogP contribution is 2.34. The standard InChI is InChI=1S/C20H12Cl6N4/c21-13-5-15(23)19(16(24)6-13)29-27-9-11-1-2-12(4-3-11)10-28-30-20-17(25)7-14(22)8-18(20)26/h1-10,29-30H/b27-9+,28-10+. The molecule has 0 aliphatic heterocycles. The number of anilines is 2. The Bertz CT molecular complexity index is 978. The van der Waals surface area contributed by atoms with Crippen LogP contribution in [0.15, 0.2) is 58.7 Å². The molecule has 4 nitrogen and oxygen atoms in total. The molecule has 0 saturated heterocycles. The number of hydrogen-bond acceptors (Lipinski definition) is 4. The summed E-state index contributed by atoms with van der Waals surface area (Å²) in [5.74, 6) is 0. The lowest BCUT2D eigenvalue weighted by molar-refractivity contribution is 1.34. The van der Waals surface area contributed by atoms with Gasteiger partial charge in [-0.1, -0.05) is 93.9 Å². The summed E-state index contributed by atoms with van der Waals surface area (Å²) in [6.45, 7) is 0. The van der Waals surface area contributed by atoms with E-state index in [2.05, 4.69) is 21.1 Å². The lowest BCUT2D eigenvalue weighted by Crippen LogP contribution is -1.94. The van der Waals surface area contributed by atoms with Gasteiger partial charge in [0.05, 0.1) is 43.9 Å². The SMILES string of the molecule is Clc1cc(Cl)c(N/N=C/c2ccc(/C=N/Nc3c(Cl)cc(Cl)cc3Cl)cc2)c(Cl)c1. The van der Waals surface area contributed by atoms with Gasteiger partial charge in [0.1, 0.15) is 0 Å². The quantitative estimate of drug-likeness (QED) is 0.253. The van der Waals surface area contributed by atoms with Gasteiger partial charge in [0.15, 0.2) is 0 Å². The summed E-state index contributed by atoms with van der Waals surface area (Å²) in [6.07, 6.45) is 3.27. The molecule has 2 N–H and O–H groups in total. The van der Waals surface area contributed by atoms with Gasteiger partial charge in [0.2, 0.25) is 0 Å². The van der Waals surface area contributed by atoms with Crippen molar-refractivity contribution in [1.29, 1.82) is 0 Å². The molecule has 3 aromatic carbocycles. The van der Waals surface area contributed by atoms with E-state index in [-0.39, 0.29) is 0 Å². The molecule has 0 amide bonds. The second kappa shape index (κ2) is 10.6. The van der Waals surface area contributed by atoms with Gasteiger partial charge in [-0.05, 0) is 35.4 Å². The Morgan fingerprint density at radius 1 is 0.533 bits per heavy atom. The van der Waals surface area contributed by atoms with Crippen molar-refractivity contribution in [3.63, 3.8) is 0 Å². The van der Waals surface area contributed by atoms with Gasteiger partial charge in [-0.25, -0.2) is 0 Å². The molecule has 0 spiro atoms. The van der Waals surface area contributed by atoms with E-state index in [9.17, 15) is 0 Å². The zero-order chi connectivity index (χ0) is 21.7. The summed E-state index contributed by atoms with van der Waals surface area (Å²) in [7, 11) is 0. The minimum Gasteiger partial charge on any atom is -0.275 e. The van der Waals surface area contributed by atoms with Crippen molar-refractivity contribution in [2.75, 3.05) is 10.9 Å². The molecule has 0 atom stereocenters. The first kappa shape index (κ1) is 23.0. The number of rotatable bonds is 6. The van der Waals surface area contributed by atoms with Crippen molar-refractivity contribution in [2.45, 2.75) is 0 Å². The fourth-order valence-corrected chi connectivity index (χ4v) is 4.11. The van der Waals surface area contributed by atoms with Crippen LogP contribution in [0.25, 0.3) is 0 Å². The summed E-state index contributed by atoms with van der Waals surface area (Å²) in [6, 6.07) is 13.8. The summed E-state index contributed by atoms with van der Waals surface area (Å²) >= 11 is 36.2. The molecule has 0 unspecified atom stereocenters. The average molecular weight is 521 g/mol. The smallest absolute Gasteiger partial charge is 0.0935 e. The lowest BCUT2D eigenvalue weighted by atomic mass is 10.2. The Kier molecular flexibility index (Phi) is 8.12. The monoisotopic (exact) mass is 518 g/mol. The van der Waals surface area contributed by atoms with Crippen LogP contribution in [-0.2, 0) is 0 Å². The van der Waals surface area contributed by atoms with E-state index in [4.69, 9.17) is 69.6 Å². The van der Waals surface area contributed by atoms with E-state index in [0.29, 0.717) is 41.5 Å². The van der Waals surface area contributed by atoms with Crippen molar-refractivity contribution >= 4 is 93.4 Å². The highest BCUT2D eigenvalue weighted by atomic mass is 35.5. The molecule has 0 bridgehead atoms. The Labute approximate surface area is 203 Å². The van der Waals surface area contributed by atoms with Crippen LogP contribution in [0.1, 0.15) is 11.1 Å². The molecule has 0 fully saturated rings. The van der Waals surface area contributed by atoms with Gasteiger partial charge in [0.25, 0.3) is 0 Å². The highest BCUT2D eigenvalue weighted by molar-refractivity contribution is 6.42. The van der Waals surface area contributed by atoms with E-state index >= 15 is 0 Å². The molecule has 0 radical (unpaired) electrons. The van der Waals surface area contributed by atoms with Crippen molar-refractivity contribution in [1.82, 2.24) is 0 Å². The maximum absolute atomic E-state index is 6.11. The van der Waals surface area contributed by atoms with Crippen LogP contribution < -0.4 is 10.9 Å². The molecular formula is C20H12Cl6N4. The lowest BCUT2D eigenvalue weighted by Gasteiger charge is -2.06. The Balaban J connectivity index is 1.61. The Hall–Kier alpha value is -1.66. The number of hydrazone groups is 2. The maximum atomic E-state index is 6.11. The van der Waals surface area contributed by atoms with Crippen LogP contribution in [0.5, 0.6) is 0 Å². The van der Waals surface area contributed by atoms with E-state index in [1.807, 2.05) is 24.3 Å². The van der Waals surface area contributed by atoms with Gasteiger partial charge < -0.3 is 0 Å². The fraction of sp³-hybridized carbons (Fsp3) is 0. The van der Waals surface area contributed by atoms with Gasteiger partial charge in [-0.3, -0.25) is 10.9 Å². The second-order valence-corrected chi connectivity index (χ2v) is 8.40. The molecule has 0 saturated carbocycles. The zero-order valence-electron chi connectivity index (χ0n) is 14.9. The molecule has 30 heavy (non-hydrogen) atoms. The molecule has 10 heteroatoms. The predicted octanol–water partition coefficient (Wildman–Crippen LogP) is 8.50. The van der Waals surface area contributed by atoms with E-state index in [1.165, 1.54) is 0 Å². The Morgan fingerprint density at radius 3 is 1.13 bits per heavy atom. The summed E-state index contributed by atoms with van der Waals surface area (Å²) in [5.41, 5.74) is 8.31. The molecule has 0 aliphatic rings. The van der Waals surface area contributed by atoms with E-state index in [0.717, 1.165) is 11.1 Å². The third kappa shape index (κ3) is 6.17. The van der Waals surface area contributed by atoms with Crippen LogP contribution in [0.2, 0.25) is 30.1 Å². The normalized spacial score (nSPS) is 11.4. The van der Waals surface area contributed by atoms with Gasteiger partial charge in [-0.2, -0.15) is 10.2 Å². The Morgan fingerprint density at radius 2 is 0.833 bits per heavy atom. The number of nitrogens with one attached hydrogen (secondary N) is 2. The van der Waals surface area contributed by atoms with Gasteiger partial charge >= 0.3 is 0 Å². The first-order valence-corrected chi connectivity index (χ1v) is 10.6. The molecule has 3 aromatic rings. The van der Waals surface area contributed by atoms with Crippen LogP contribution >= 0.6 is 69.6 Å². The van der Waals surface area contributed by atoms with Crippen molar-refractivity contribution in [3.05, 3.63) is 89.8 Å². The van der Waals surface area contributed by atoms with Gasteiger partial charge in [0, 0.05) is 10.0 Å². The minimum absolute atomic E-state index is 0.379. The summed E-state index contributed by atoms with van der Waals surface area (Å²) in [5, 5.41) is 10.7.